The molecule has 0 aliphatic carbocycles. The van der Waals surface area contributed by atoms with Gasteiger partial charge in [-0.05, 0) is 37.1 Å². The number of hydrogen-bond acceptors (Lipinski definition) is 3. The largest absolute Gasteiger partial charge is 0.330 e. The minimum atomic E-state index is 0.456. The van der Waals surface area contributed by atoms with Gasteiger partial charge in [0, 0.05) is 32.2 Å². The van der Waals surface area contributed by atoms with Crippen LogP contribution in [0.25, 0.3) is 0 Å². The zero-order chi connectivity index (χ0) is 14.5. The highest BCUT2D eigenvalue weighted by atomic mass is 15.3. The van der Waals surface area contributed by atoms with Crippen LogP contribution in [0.15, 0.2) is 24.3 Å². The van der Waals surface area contributed by atoms with Gasteiger partial charge in [0.05, 0.1) is 0 Å². The van der Waals surface area contributed by atoms with Crippen LogP contribution in [0.5, 0.6) is 0 Å². The molecular formula is C17H29N3. The molecule has 1 aromatic carbocycles. The molecule has 2 N–H and O–H groups in total. The maximum atomic E-state index is 5.72. The molecule has 0 spiro atoms. The van der Waals surface area contributed by atoms with Crippen LogP contribution < -0.4 is 5.73 Å². The van der Waals surface area contributed by atoms with Crippen molar-refractivity contribution in [3.05, 3.63) is 35.4 Å². The number of hydrogen-bond donors (Lipinski definition) is 1. The van der Waals surface area contributed by atoms with Crippen molar-refractivity contribution in [3.63, 3.8) is 0 Å². The minimum Gasteiger partial charge on any atom is -0.330 e. The van der Waals surface area contributed by atoms with Crippen molar-refractivity contribution in [2.75, 3.05) is 33.2 Å². The molecule has 20 heavy (non-hydrogen) atoms. The van der Waals surface area contributed by atoms with Crippen LogP contribution in [-0.2, 0) is 6.54 Å². The number of rotatable bonds is 5. The van der Waals surface area contributed by atoms with Gasteiger partial charge in [0.25, 0.3) is 0 Å². The first-order chi connectivity index (χ1) is 9.63. The van der Waals surface area contributed by atoms with Crippen molar-refractivity contribution >= 4 is 0 Å². The van der Waals surface area contributed by atoms with E-state index in [1.54, 1.807) is 0 Å². The number of benzene rings is 1. The molecule has 1 fully saturated rings. The number of nitrogens with two attached hydrogens (primary N) is 1. The molecular weight excluding hydrogens is 246 g/mol. The van der Waals surface area contributed by atoms with Gasteiger partial charge in [-0.25, -0.2) is 0 Å². The van der Waals surface area contributed by atoms with Gasteiger partial charge in [-0.1, -0.05) is 38.1 Å². The second-order valence-electron chi connectivity index (χ2n) is 6.16. The first-order valence-electron chi connectivity index (χ1n) is 7.85. The van der Waals surface area contributed by atoms with E-state index in [-0.39, 0.29) is 0 Å². The highest BCUT2D eigenvalue weighted by Crippen LogP contribution is 2.17. The van der Waals surface area contributed by atoms with Crippen LogP contribution in [-0.4, -0.2) is 49.1 Å². The maximum absolute atomic E-state index is 5.72. The first kappa shape index (κ1) is 15.5. The highest BCUT2D eigenvalue weighted by molar-refractivity contribution is 5.25. The molecule has 0 aromatic heterocycles. The molecule has 1 saturated heterocycles. The van der Waals surface area contributed by atoms with E-state index in [9.17, 15) is 0 Å². The predicted octanol–water partition coefficient (Wildman–Crippen LogP) is 2.27. The molecule has 112 valence electrons. The Morgan fingerprint density at radius 1 is 1.25 bits per heavy atom. The van der Waals surface area contributed by atoms with Crippen LogP contribution in [0, 0.1) is 0 Å². The van der Waals surface area contributed by atoms with Gasteiger partial charge in [0.2, 0.25) is 0 Å². The van der Waals surface area contributed by atoms with Crippen LogP contribution in [0.3, 0.4) is 0 Å². The van der Waals surface area contributed by atoms with Gasteiger partial charge >= 0.3 is 0 Å². The normalized spacial score (nSPS) is 22.9. The highest BCUT2D eigenvalue weighted by Gasteiger charge is 2.22. The standard InChI is InChI=1S/C17H29N3/c1-4-17-13-20(10-9-19(17)3)12-15-5-7-16(8-6-15)14(2)11-18/h5-8,14,17H,4,9-13,18H2,1-3H3. The Kier molecular flexibility index (Phi) is 5.58. The Balaban J connectivity index is 1.93. The summed E-state index contributed by atoms with van der Waals surface area (Å²) in [7, 11) is 2.24. The SMILES string of the molecule is CCC1CN(Cc2ccc(C(C)CN)cc2)CCN1C. The Morgan fingerprint density at radius 2 is 1.95 bits per heavy atom. The molecule has 0 saturated carbocycles. The van der Waals surface area contributed by atoms with Gasteiger partial charge < -0.3 is 10.6 Å². The molecule has 2 atom stereocenters. The summed E-state index contributed by atoms with van der Waals surface area (Å²) in [6, 6.07) is 9.71. The lowest BCUT2D eigenvalue weighted by Gasteiger charge is -2.39. The third kappa shape index (κ3) is 3.81. The topological polar surface area (TPSA) is 32.5 Å². The van der Waals surface area contributed by atoms with E-state index in [0.717, 1.165) is 13.1 Å². The van der Waals surface area contributed by atoms with E-state index >= 15 is 0 Å². The summed E-state index contributed by atoms with van der Waals surface area (Å²) in [5, 5.41) is 0. The summed E-state index contributed by atoms with van der Waals surface area (Å²) in [6.45, 7) is 9.80. The molecule has 0 radical (unpaired) electrons. The monoisotopic (exact) mass is 275 g/mol. The molecule has 1 heterocycles. The molecule has 2 unspecified atom stereocenters. The quantitative estimate of drug-likeness (QED) is 0.895. The Bertz CT molecular complexity index is 401. The molecule has 3 heteroatoms. The number of likely N-dealkylation sites (N-methyl/N-ethyl adjacent to an activating group) is 1. The van der Waals surface area contributed by atoms with E-state index in [2.05, 4.69) is 55.0 Å². The average molecular weight is 275 g/mol. The molecule has 0 bridgehead atoms. The van der Waals surface area contributed by atoms with E-state index in [0.29, 0.717) is 12.0 Å². The van der Waals surface area contributed by atoms with Crippen LogP contribution in [0.4, 0.5) is 0 Å². The summed E-state index contributed by atoms with van der Waals surface area (Å²) in [6.07, 6.45) is 1.24. The molecule has 3 nitrogen and oxygen atoms in total. The average Bonchev–Trinajstić information content (AvgIpc) is 2.49. The van der Waals surface area contributed by atoms with E-state index in [4.69, 9.17) is 5.73 Å². The van der Waals surface area contributed by atoms with Gasteiger partial charge in [-0.2, -0.15) is 0 Å². The Hall–Kier alpha value is -0.900. The maximum Gasteiger partial charge on any atom is 0.0234 e. The minimum absolute atomic E-state index is 0.456. The second-order valence-corrected chi connectivity index (χ2v) is 6.16. The zero-order valence-corrected chi connectivity index (χ0v) is 13.2. The smallest absolute Gasteiger partial charge is 0.0234 e. The molecule has 1 aromatic rings. The fraction of sp³-hybridized carbons (Fsp3) is 0.647. The van der Waals surface area contributed by atoms with Crippen LogP contribution in [0.1, 0.15) is 37.3 Å². The van der Waals surface area contributed by atoms with Crippen molar-refractivity contribution in [3.8, 4) is 0 Å². The molecule has 1 aliphatic rings. The summed E-state index contributed by atoms with van der Waals surface area (Å²) < 4.78 is 0. The van der Waals surface area contributed by atoms with Crippen molar-refractivity contribution in [2.45, 2.75) is 38.8 Å². The fourth-order valence-corrected chi connectivity index (χ4v) is 2.94. The summed E-state index contributed by atoms with van der Waals surface area (Å²) in [5.74, 6) is 0.456. The van der Waals surface area contributed by atoms with Gasteiger partial charge in [0.15, 0.2) is 0 Å². The van der Waals surface area contributed by atoms with E-state index < -0.39 is 0 Å². The first-order valence-corrected chi connectivity index (χ1v) is 7.85. The Morgan fingerprint density at radius 3 is 2.55 bits per heavy atom. The van der Waals surface area contributed by atoms with Crippen molar-refractivity contribution < 1.29 is 0 Å². The van der Waals surface area contributed by atoms with Crippen LogP contribution in [0.2, 0.25) is 0 Å². The predicted molar refractivity (Wildman–Crippen MR) is 85.9 cm³/mol. The second kappa shape index (κ2) is 7.21. The van der Waals surface area contributed by atoms with Crippen molar-refractivity contribution in [1.29, 1.82) is 0 Å². The lowest BCUT2D eigenvalue weighted by Crippen LogP contribution is -2.50. The van der Waals surface area contributed by atoms with E-state index in [1.807, 2.05) is 0 Å². The fourth-order valence-electron chi connectivity index (χ4n) is 2.94. The van der Waals surface area contributed by atoms with Crippen molar-refractivity contribution in [2.24, 2.45) is 5.73 Å². The lowest BCUT2D eigenvalue weighted by atomic mass is 10.00. The third-order valence-corrected chi connectivity index (χ3v) is 4.64. The summed E-state index contributed by atoms with van der Waals surface area (Å²) in [5.41, 5.74) is 8.48. The van der Waals surface area contributed by atoms with Gasteiger partial charge in [-0.3, -0.25) is 4.90 Å². The van der Waals surface area contributed by atoms with E-state index in [1.165, 1.54) is 37.2 Å². The number of nitrogens with zero attached hydrogens (tertiary/aromatic N) is 2. The zero-order valence-electron chi connectivity index (χ0n) is 13.2. The van der Waals surface area contributed by atoms with Crippen molar-refractivity contribution in [1.82, 2.24) is 9.80 Å². The summed E-state index contributed by atoms with van der Waals surface area (Å²) in [4.78, 5) is 5.07. The molecule has 2 rings (SSSR count). The number of piperazine rings is 1. The molecule has 1 aliphatic heterocycles. The van der Waals surface area contributed by atoms with Crippen LogP contribution >= 0.6 is 0 Å². The summed E-state index contributed by atoms with van der Waals surface area (Å²) >= 11 is 0. The van der Waals surface area contributed by atoms with Gasteiger partial charge in [-0.15, -0.1) is 0 Å². The Labute approximate surface area is 123 Å². The molecule has 0 amide bonds. The lowest BCUT2D eigenvalue weighted by molar-refractivity contribution is 0.0884. The third-order valence-electron chi connectivity index (χ3n) is 4.64. The van der Waals surface area contributed by atoms with Gasteiger partial charge in [0.1, 0.15) is 0 Å².